The Kier molecular flexibility index (Phi) is 4.79. The molecule has 6 nitrogen and oxygen atoms in total. The first kappa shape index (κ1) is 14.6. The topological polar surface area (TPSA) is 76.7 Å². The van der Waals surface area contributed by atoms with Crippen molar-refractivity contribution in [3.05, 3.63) is 23.3 Å². The van der Waals surface area contributed by atoms with Gasteiger partial charge in [0, 0.05) is 19.0 Å². The van der Waals surface area contributed by atoms with Crippen molar-refractivity contribution in [3.63, 3.8) is 0 Å². The van der Waals surface area contributed by atoms with Gasteiger partial charge >= 0.3 is 0 Å². The fraction of sp³-hybridized carbons (Fsp3) is 0.571. The zero-order chi connectivity index (χ0) is 14.5. The van der Waals surface area contributed by atoms with Crippen LogP contribution < -0.4 is 5.32 Å². The number of aromatic nitrogens is 4. The van der Waals surface area contributed by atoms with E-state index in [9.17, 15) is 0 Å². The van der Waals surface area contributed by atoms with Crippen LogP contribution in [0.25, 0.3) is 11.5 Å². The molecular weight excluding hydrogens is 254 g/mol. The van der Waals surface area contributed by atoms with Crippen LogP contribution in [-0.2, 0) is 12.8 Å². The van der Waals surface area contributed by atoms with Crippen molar-refractivity contribution in [1.29, 1.82) is 0 Å². The van der Waals surface area contributed by atoms with Gasteiger partial charge in [0.05, 0.1) is 17.0 Å². The lowest BCUT2D eigenvalue weighted by Crippen LogP contribution is -2.25. The minimum atomic E-state index is 0.455. The molecule has 0 aliphatic heterocycles. The Labute approximate surface area is 119 Å². The molecule has 20 heavy (non-hydrogen) atoms. The maximum atomic E-state index is 5.72. The third-order valence-electron chi connectivity index (χ3n) is 2.92. The Hall–Kier alpha value is -1.82. The van der Waals surface area contributed by atoms with E-state index in [2.05, 4.69) is 39.6 Å². The van der Waals surface area contributed by atoms with Crippen LogP contribution in [0.15, 0.2) is 10.5 Å². The highest BCUT2D eigenvalue weighted by molar-refractivity contribution is 5.56. The Morgan fingerprint density at radius 1 is 1.20 bits per heavy atom. The molecule has 1 N–H and O–H groups in total. The second-order valence-corrected chi connectivity index (χ2v) is 5.06. The molecule has 0 aliphatic carbocycles. The SMILES string of the molecule is CCc1nnc(C)cc1-c1nnc(CCNC(C)C)o1. The van der Waals surface area contributed by atoms with Crippen LogP contribution in [0.4, 0.5) is 0 Å². The lowest BCUT2D eigenvalue weighted by Gasteiger charge is -2.05. The monoisotopic (exact) mass is 275 g/mol. The number of rotatable bonds is 6. The zero-order valence-electron chi connectivity index (χ0n) is 12.5. The van der Waals surface area contributed by atoms with Gasteiger partial charge in [0.25, 0.3) is 0 Å². The van der Waals surface area contributed by atoms with E-state index in [4.69, 9.17) is 4.42 Å². The van der Waals surface area contributed by atoms with Crippen molar-refractivity contribution in [2.75, 3.05) is 6.54 Å². The van der Waals surface area contributed by atoms with E-state index in [0.717, 1.165) is 36.3 Å². The fourth-order valence-corrected chi connectivity index (χ4v) is 1.89. The third kappa shape index (κ3) is 3.60. The van der Waals surface area contributed by atoms with E-state index >= 15 is 0 Å². The van der Waals surface area contributed by atoms with Crippen LogP contribution in [0, 0.1) is 6.92 Å². The van der Waals surface area contributed by atoms with Crippen LogP contribution >= 0.6 is 0 Å². The van der Waals surface area contributed by atoms with Gasteiger partial charge in [-0.05, 0) is 19.4 Å². The summed E-state index contributed by atoms with van der Waals surface area (Å²) in [7, 11) is 0. The van der Waals surface area contributed by atoms with Crippen molar-refractivity contribution in [1.82, 2.24) is 25.7 Å². The maximum Gasteiger partial charge on any atom is 0.249 e. The van der Waals surface area contributed by atoms with E-state index in [1.807, 2.05) is 19.9 Å². The summed E-state index contributed by atoms with van der Waals surface area (Å²) in [6.45, 7) is 8.98. The Bertz CT molecular complexity index is 564. The molecule has 0 atom stereocenters. The Morgan fingerprint density at radius 2 is 2.00 bits per heavy atom. The highest BCUT2D eigenvalue weighted by Gasteiger charge is 2.14. The van der Waals surface area contributed by atoms with Gasteiger partial charge in [-0.3, -0.25) is 0 Å². The first-order chi connectivity index (χ1) is 9.60. The summed E-state index contributed by atoms with van der Waals surface area (Å²) in [6, 6.07) is 2.39. The van der Waals surface area contributed by atoms with Gasteiger partial charge in [0.15, 0.2) is 0 Å². The van der Waals surface area contributed by atoms with Crippen LogP contribution in [0.2, 0.25) is 0 Å². The van der Waals surface area contributed by atoms with Crippen LogP contribution in [0.5, 0.6) is 0 Å². The molecule has 0 fully saturated rings. The molecule has 0 aromatic carbocycles. The molecule has 0 unspecified atom stereocenters. The highest BCUT2D eigenvalue weighted by atomic mass is 16.4. The summed E-state index contributed by atoms with van der Waals surface area (Å²) in [5.74, 6) is 1.17. The molecule has 0 spiro atoms. The first-order valence-electron chi connectivity index (χ1n) is 6.99. The molecule has 0 bridgehead atoms. The lowest BCUT2D eigenvalue weighted by molar-refractivity contribution is 0.483. The molecular formula is C14H21N5O. The lowest BCUT2D eigenvalue weighted by atomic mass is 10.1. The normalized spacial score (nSPS) is 11.2. The molecule has 2 aromatic rings. The van der Waals surface area contributed by atoms with Crippen molar-refractivity contribution >= 4 is 0 Å². The average Bonchev–Trinajstić information content (AvgIpc) is 2.87. The van der Waals surface area contributed by atoms with E-state index in [1.165, 1.54) is 0 Å². The smallest absolute Gasteiger partial charge is 0.249 e. The average molecular weight is 275 g/mol. The Morgan fingerprint density at radius 3 is 2.70 bits per heavy atom. The van der Waals surface area contributed by atoms with E-state index in [1.54, 1.807) is 0 Å². The summed E-state index contributed by atoms with van der Waals surface area (Å²) in [5.41, 5.74) is 2.61. The highest BCUT2D eigenvalue weighted by Crippen LogP contribution is 2.21. The van der Waals surface area contributed by atoms with Crippen LogP contribution in [-0.4, -0.2) is 33.0 Å². The van der Waals surface area contributed by atoms with Gasteiger partial charge < -0.3 is 9.73 Å². The molecule has 0 amide bonds. The molecule has 2 rings (SSSR count). The second kappa shape index (κ2) is 6.56. The van der Waals surface area contributed by atoms with Crippen LogP contribution in [0.1, 0.15) is 38.0 Å². The summed E-state index contributed by atoms with van der Waals surface area (Å²) >= 11 is 0. The number of hydrogen-bond donors (Lipinski definition) is 1. The van der Waals surface area contributed by atoms with Crippen molar-refractivity contribution in [2.24, 2.45) is 0 Å². The van der Waals surface area contributed by atoms with Crippen LogP contribution in [0.3, 0.4) is 0 Å². The predicted molar refractivity (Wildman–Crippen MR) is 76.3 cm³/mol. The quantitative estimate of drug-likeness (QED) is 0.868. The van der Waals surface area contributed by atoms with Crippen molar-refractivity contribution in [2.45, 2.75) is 46.6 Å². The minimum Gasteiger partial charge on any atom is -0.421 e. The van der Waals surface area contributed by atoms with Gasteiger partial charge in [0.1, 0.15) is 0 Å². The van der Waals surface area contributed by atoms with Gasteiger partial charge in [-0.25, -0.2) is 0 Å². The first-order valence-corrected chi connectivity index (χ1v) is 6.99. The van der Waals surface area contributed by atoms with Gasteiger partial charge in [-0.2, -0.15) is 10.2 Å². The van der Waals surface area contributed by atoms with Crippen molar-refractivity contribution in [3.8, 4) is 11.5 Å². The van der Waals surface area contributed by atoms with Gasteiger partial charge in [-0.15, -0.1) is 10.2 Å². The molecule has 0 radical (unpaired) electrons. The van der Waals surface area contributed by atoms with Crippen molar-refractivity contribution < 1.29 is 4.42 Å². The summed E-state index contributed by atoms with van der Waals surface area (Å²) in [6.07, 6.45) is 1.51. The molecule has 0 saturated heterocycles. The molecule has 6 heteroatoms. The van der Waals surface area contributed by atoms with Gasteiger partial charge in [-0.1, -0.05) is 20.8 Å². The molecule has 108 valence electrons. The van der Waals surface area contributed by atoms with E-state index in [0.29, 0.717) is 17.8 Å². The predicted octanol–water partition coefficient (Wildman–Crippen LogP) is 1.94. The summed E-state index contributed by atoms with van der Waals surface area (Å²) < 4.78 is 5.72. The number of aryl methyl sites for hydroxylation is 2. The minimum absolute atomic E-state index is 0.455. The molecule has 2 heterocycles. The Balaban J connectivity index is 2.14. The molecule has 0 saturated carbocycles. The number of nitrogens with one attached hydrogen (secondary N) is 1. The third-order valence-corrected chi connectivity index (χ3v) is 2.92. The molecule has 2 aromatic heterocycles. The standard InChI is InChI=1S/C14H21N5O/c1-5-12-11(8-10(4)16-17-12)14-19-18-13(20-14)6-7-15-9(2)3/h8-9,15H,5-7H2,1-4H3. The zero-order valence-corrected chi connectivity index (χ0v) is 12.5. The fourth-order valence-electron chi connectivity index (χ4n) is 1.89. The molecule has 0 aliphatic rings. The largest absolute Gasteiger partial charge is 0.421 e. The second-order valence-electron chi connectivity index (χ2n) is 5.06. The van der Waals surface area contributed by atoms with E-state index in [-0.39, 0.29) is 0 Å². The van der Waals surface area contributed by atoms with Gasteiger partial charge in [0.2, 0.25) is 11.8 Å². The number of nitrogens with zero attached hydrogens (tertiary/aromatic N) is 4. The number of hydrogen-bond acceptors (Lipinski definition) is 6. The maximum absolute atomic E-state index is 5.72. The summed E-state index contributed by atoms with van der Waals surface area (Å²) in [5, 5.41) is 19.8. The summed E-state index contributed by atoms with van der Waals surface area (Å²) in [4.78, 5) is 0. The van der Waals surface area contributed by atoms with E-state index < -0.39 is 0 Å².